The van der Waals surface area contributed by atoms with Crippen LogP contribution < -0.4 is 5.32 Å². The van der Waals surface area contributed by atoms with E-state index in [-0.39, 0.29) is 34.4 Å². The Morgan fingerprint density at radius 1 is 1.48 bits per heavy atom. The maximum absolute atomic E-state index is 12.1. The maximum Gasteiger partial charge on any atom is 0.334 e. The molecular formula is C15H15N3O4S. The van der Waals surface area contributed by atoms with Crippen LogP contribution in [0, 0.1) is 0 Å². The smallest absolute Gasteiger partial charge is 0.334 e. The van der Waals surface area contributed by atoms with Crippen LogP contribution in [0.5, 0.6) is 0 Å². The normalized spacial score (nSPS) is 26.0. The van der Waals surface area contributed by atoms with Crippen molar-refractivity contribution in [3.8, 4) is 0 Å². The number of nitrogens with one attached hydrogen (secondary N) is 1. The van der Waals surface area contributed by atoms with Crippen molar-refractivity contribution in [2.24, 2.45) is 0 Å². The number of nitrogens with zero attached hydrogens (tertiary/aromatic N) is 2. The van der Waals surface area contributed by atoms with Gasteiger partial charge in [-0.25, -0.2) is 4.79 Å². The topological polar surface area (TPSA) is 99.6 Å². The molecule has 7 nitrogen and oxygen atoms in total. The molecule has 2 aliphatic rings. The SMILES string of the molecule is CC1S[C@@H]2C(NC(=O)Cc3cccnc3)C(=O)N2C=C1C(=O)O. The molecule has 0 spiro atoms. The average Bonchev–Trinajstić information content (AvgIpc) is 2.53. The summed E-state index contributed by atoms with van der Waals surface area (Å²) in [7, 11) is 0. The molecule has 2 aliphatic heterocycles. The van der Waals surface area contributed by atoms with E-state index in [0.29, 0.717) is 0 Å². The third kappa shape index (κ3) is 2.94. The Hall–Kier alpha value is -2.35. The molecule has 120 valence electrons. The lowest BCUT2D eigenvalue weighted by Crippen LogP contribution is -2.69. The van der Waals surface area contributed by atoms with Gasteiger partial charge in [0.1, 0.15) is 11.4 Å². The number of carboxylic acid groups (broad SMARTS) is 1. The van der Waals surface area contributed by atoms with Crippen LogP contribution in [-0.2, 0) is 20.8 Å². The van der Waals surface area contributed by atoms with Gasteiger partial charge in [-0.15, -0.1) is 11.8 Å². The molecule has 1 fully saturated rings. The van der Waals surface area contributed by atoms with Crippen molar-refractivity contribution in [1.29, 1.82) is 0 Å². The van der Waals surface area contributed by atoms with Crippen molar-refractivity contribution in [2.45, 2.75) is 30.0 Å². The Bertz CT molecular complexity index is 691. The van der Waals surface area contributed by atoms with Crippen molar-refractivity contribution in [2.75, 3.05) is 0 Å². The highest BCUT2D eigenvalue weighted by Crippen LogP contribution is 2.40. The van der Waals surface area contributed by atoms with Crippen molar-refractivity contribution in [3.63, 3.8) is 0 Å². The summed E-state index contributed by atoms with van der Waals surface area (Å²) in [6.07, 6.45) is 4.76. The van der Waals surface area contributed by atoms with Crippen LogP contribution in [0.15, 0.2) is 36.3 Å². The Morgan fingerprint density at radius 3 is 2.91 bits per heavy atom. The van der Waals surface area contributed by atoms with Gasteiger partial charge in [0.2, 0.25) is 5.91 Å². The standard InChI is InChI=1S/C15H15N3O4S/c1-8-10(15(21)22)7-18-13(20)12(14(18)23-8)17-11(19)5-9-3-2-4-16-6-9/h2-4,6-8,12,14H,5H2,1H3,(H,17,19)(H,21,22)/t8?,12?,14-/m1/s1. The van der Waals surface area contributed by atoms with Gasteiger partial charge in [-0.3, -0.25) is 14.6 Å². The number of carbonyl (C=O) groups excluding carboxylic acids is 2. The number of amides is 2. The van der Waals surface area contributed by atoms with E-state index < -0.39 is 12.0 Å². The molecule has 3 heterocycles. The summed E-state index contributed by atoms with van der Waals surface area (Å²) in [5.41, 5.74) is 0.964. The monoisotopic (exact) mass is 333 g/mol. The quantitative estimate of drug-likeness (QED) is 0.773. The first kappa shape index (κ1) is 15.5. The van der Waals surface area contributed by atoms with E-state index in [2.05, 4.69) is 10.3 Å². The van der Waals surface area contributed by atoms with E-state index in [1.165, 1.54) is 22.9 Å². The van der Waals surface area contributed by atoms with Crippen LogP contribution >= 0.6 is 11.8 Å². The van der Waals surface area contributed by atoms with Crippen molar-refractivity contribution < 1.29 is 19.5 Å². The number of aliphatic carboxylic acids is 1. The summed E-state index contributed by atoms with van der Waals surface area (Å²) in [6.45, 7) is 1.78. The predicted octanol–water partition coefficient (Wildman–Crippen LogP) is 0.381. The van der Waals surface area contributed by atoms with Gasteiger partial charge in [-0.1, -0.05) is 6.07 Å². The number of thioether (sulfide) groups is 1. The lowest BCUT2D eigenvalue weighted by Gasteiger charge is -2.48. The maximum atomic E-state index is 12.1. The number of hydrogen-bond acceptors (Lipinski definition) is 5. The van der Waals surface area contributed by atoms with Gasteiger partial charge in [0, 0.05) is 23.8 Å². The summed E-state index contributed by atoms with van der Waals surface area (Å²) in [5, 5.41) is 11.3. The van der Waals surface area contributed by atoms with Gasteiger partial charge in [0.25, 0.3) is 5.91 Å². The van der Waals surface area contributed by atoms with Gasteiger partial charge in [-0.05, 0) is 18.6 Å². The van der Waals surface area contributed by atoms with Crippen LogP contribution in [0.25, 0.3) is 0 Å². The molecule has 8 heteroatoms. The fourth-order valence-electron chi connectivity index (χ4n) is 2.58. The lowest BCUT2D eigenvalue weighted by molar-refractivity contribution is -0.145. The Kier molecular flexibility index (Phi) is 4.08. The second-order valence-corrected chi connectivity index (χ2v) is 6.85. The zero-order valence-corrected chi connectivity index (χ0v) is 13.1. The van der Waals surface area contributed by atoms with Crippen LogP contribution in [-0.4, -0.2) is 49.4 Å². The van der Waals surface area contributed by atoms with Crippen molar-refractivity contribution in [3.05, 3.63) is 41.9 Å². The van der Waals surface area contributed by atoms with Gasteiger partial charge in [0.15, 0.2) is 0 Å². The fraction of sp³-hybridized carbons (Fsp3) is 0.333. The van der Waals surface area contributed by atoms with Gasteiger partial charge >= 0.3 is 5.97 Å². The molecule has 2 N–H and O–H groups in total. The summed E-state index contributed by atoms with van der Waals surface area (Å²) in [5.74, 6) is -1.56. The average molecular weight is 333 g/mol. The lowest BCUT2D eigenvalue weighted by atomic mass is 10.1. The van der Waals surface area contributed by atoms with Crippen LogP contribution in [0.2, 0.25) is 0 Å². The number of carbonyl (C=O) groups is 3. The number of pyridine rings is 1. The zero-order chi connectivity index (χ0) is 16.6. The molecule has 0 aromatic carbocycles. The Balaban J connectivity index is 1.64. The fourth-order valence-corrected chi connectivity index (χ4v) is 3.94. The molecular weight excluding hydrogens is 318 g/mol. The molecule has 0 radical (unpaired) electrons. The van der Waals surface area contributed by atoms with Crippen LogP contribution in [0.4, 0.5) is 0 Å². The van der Waals surface area contributed by atoms with E-state index in [9.17, 15) is 14.4 Å². The second-order valence-electron chi connectivity index (χ2n) is 5.39. The third-order valence-electron chi connectivity index (χ3n) is 3.79. The number of hydrogen-bond donors (Lipinski definition) is 2. The summed E-state index contributed by atoms with van der Waals surface area (Å²) in [6, 6.07) is 2.93. The highest BCUT2D eigenvalue weighted by molar-refractivity contribution is 8.00. The number of carboxylic acids is 1. The second kappa shape index (κ2) is 6.04. The first-order valence-electron chi connectivity index (χ1n) is 7.08. The number of β-lactam (4-membered cyclic amide) rings is 1. The minimum Gasteiger partial charge on any atom is -0.478 e. The van der Waals surface area contributed by atoms with E-state index in [4.69, 9.17) is 5.11 Å². The summed E-state index contributed by atoms with van der Waals surface area (Å²) >= 11 is 1.36. The number of rotatable bonds is 4. The molecule has 2 amide bonds. The summed E-state index contributed by atoms with van der Waals surface area (Å²) < 4.78 is 0. The molecule has 1 aromatic heterocycles. The molecule has 2 unspecified atom stereocenters. The minimum absolute atomic E-state index is 0.154. The van der Waals surface area contributed by atoms with E-state index in [1.807, 2.05) is 0 Å². The molecule has 0 aliphatic carbocycles. The highest BCUT2D eigenvalue weighted by Gasteiger charge is 2.51. The van der Waals surface area contributed by atoms with Crippen LogP contribution in [0.1, 0.15) is 12.5 Å². The van der Waals surface area contributed by atoms with Crippen LogP contribution in [0.3, 0.4) is 0 Å². The highest BCUT2D eigenvalue weighted by atomic mass is 32.2. The zero-order valence-electron chi connectivity index (χ0n) is 12.3. The van der Waals surface area contributed by atoms with E-state index >= 15 is 0 Å². The molecule has 0 saturated carbocycles. The summed E-state index contributed by atoms with van der Waals surface area (Å²) in [4.78, 5) is 40.6. The largest absolute Gasteiger partial charge is 0.478 e. The molecule has 1 saturated heterocycles. The molecule has 3 rings (SSSR count). The first-order valence-corrected chi connectivity index (χ1v) is 8.02. The van der Waals surface area contributed by atoms with Crippen molar-refractivity contribution >= 4 is 29.5 Å². The molecule has 0 bridgehead atoms. The predicted molar refractivity (Wildman–Crippen MR) is 83.3 cm³/mol. The molecule has 1 aromatic rings. The van der Waals surface area contributed by atoms with Gasteiger partial charge in [-0.2, -0.15) is 0 Å². The Morgan fingerprint density at radius 2 is 2.26 bits per heavy atom. The third-order valence-corrected chi connectivity index (χ3v) is 5.23. The van der Waals surface area contributed by atoms with E-state index in [0.717, 1.165) is 5.56 Å². The minimum atomic E-state index is -1.03. The molecule has 3 atom stereocenters. The van der Waals surface area contributed by atoms with E-state index in [1.54, 1.807) is 31.5 Å². The van der Waals surface area contributed by atoms with Crippen molar-refractivity contribution in [1.82, 2.24) is 15.2 Å². The Labute approximate surface area is 136 Å². The molecule has 23 heavy (non-hydrogen) atoms. The van der Waals surface area contributed by atoms with Gasteiger partial charge in [0.05, 0.1) is 12.0 Å². The number of aromatic nitrogens is 1. The number of fused-ring (bicyclic) bond motifs is 1. The van der Waals surface area contributed by atoms with Gasteiger partial charge < -0.3 is 15.3 Å². The first-order chi connectivity index (χ1) is 11.0.